The maximum absolute atomic E-state index is 12.3. The second-order valence-electron chi connectivity index (χ2n) is 6.05. The molecule has 118 valence electrons. The number of rotatable bonds is 2. The second-order valence-corrected chi connectivity index (χ2v) is 6.05. The van der Waals surface area contributed by atoms with Gasteiger partial charge in [-0.25, -0.2) is 0 Å². The molecule has 6 heteroatoms. The van der Waals surface area contributed by atoms with Gasteiger partial charge < -0.3 is 10.6 Å². The van der Waals surface area contributed by atoms with Gasteiger partial charge in [-0.1, -0.05) is 6.42 Å². The minimum atomic E-state index is 0. The largest absolute Gasteiger partial charge is 0.351 e. The predicted molar refractivity (Wildman–Crippen MR) is 85.8 cm³/mol. The Bertz CT molecular complexity index is 311. The highest BCUT2D eigenvalue weighted by Crippen LogP contribution is 2.27. The van der Waals surface area contributed by atoms with Gasteiger partial charge in [0, 0.05) is 25.2 Å². The molecule has 0 bridgehead atoms. The normalized spacial score (nSPS) is 33.5. The number of nitrogens with one attached hydrogen (secondary N) is 2. The fourth-order valence-electron chi connectivity index (χ4n) is 3.79. The van der Waals surface area contributed by atoms with Gasteiger partial charge in [-0.05, 0) is 45.2 Å². The van der Waals surface area contributed by atoms with E-state index in [9.17, 15) is 4.79 Å². The maximum Gasteiger partial charge on any atom is 0.224 e. The van der Waals surface area contributed by atoms with Gasteiger partial charge in [0.1, 0.15) is 0 Å². The first-order chi connectivity index (χ1) is 8.84. The van der Waals surface area contributed by atoms with Gasteiger partial charge in [-0.3, -0.25) is 9.69 Å². The molecule has 1 amide bonds. The van der Waals surface area contributed by atoms with Crippen molar-refractivity contribution in [1.82, 2.24) is 15.5 Å². The average Bonchev–Trinajstić information content (AvgIpc) is 2.83. The molecule has 3 unspecified atom stereocenters. The third-order valence-corrected chi connectivity index (χ3v) is 4.85. The smallest absolute Gasteiger partial charge is 0.224 e. The predicted octanol–water partition coefficient (Wildman–Crippen LogP) is 1.57. The first-order valence-corrected chi connectivity index (χ1v) is 7.60. The number of fused-ring (bicyclic) bond motifs is 1. The van der Waals surface area contributed by atoms with Crippen molar-refractivity contribution in [2.75, 3.05) is 26.2 Å². The summed E-state index contributed by atoms with van der Waals surface area (Å²) in [7, 11) is 0. The fourth-order valence-corrected chi connectivity index (χ4v) is 3.79. The van der Waals surface area contributed by atoms with E-state index in [-0.39, 0.29) is 30.7 Å². The Labute approximate surface area is 134 Å². The highest BCUT2D eigenvalue weighted by molar-refractivity contribution is 5.85. The van der Waals surface area contributed by atoms with Crippen LogP contribution in [0.3, 0.4) is 0 Å². The minimum Gasteiger partial charge on any atom is -0.351 e. The Balaban J connectivity index is 0.000001000. The van der Waals surface area contributed by atoms with Gasteiger partial charge in [-0.15, -0.1) is 24.8 Å². The topological polar surface area (TPSA) is 44.4 Å². The Kier molecular flexibility index (Phi) is 7.59. The molecule has 0 spiro atoms. The van der Waals surface area contributed by atoms with E-state index in [1.165, 1.54) is 32.4 Å². The molecule has 4 nitrogen and oxygen atoms in total. The van der Waals surface area contributed by atoms with E-state index in [1.807, 2.05) is 0 Å². The van der Waals surface area contributed by atoms with Gasteiger partial charge in [0.15, 0.2) is 0 Å². The number of piperidine rings is 2. The molecule has 0 radical (unpaired) electrons. The molecule has 3 aliphatic rings. The lowest BCUT2D eigenvalue weighted by atomic mass is 9.96. The molecule has 3 heterocycles. The third-order valence-electron chi connectivity index (χ3n) is 4.85. The van der Waals surface area contributed by atoms with E-state index in [4.69, 9.17) is 0 Å². The molecule has 0 aromatic carbocycles. The first kappa shape index (κ1) is 18.0. The summed E-state index contributed by atoms with van der Waals surface area (Å²) in [4.78, 5) is 14.8. The van der Waals surface area contributed by atoms with Crippen molar-refractivity contribution in [1.29, 1.82) is 0 Å². The molecule has 3 rings (SSSR count). The zero-order valence-electron chi connectivity index (χ0n) is 12.0. The van der Waals surface area contributed by atoms with Gasteiger partial charge in [0.05, 0.1) is 5.92 Å². The highest BCUT2D eigenvalue weighted by Gasteiger charge is 2.37. The van der Waals surface area contributed by atoms with Crippen molar-refractivity contribution in [2.24, 2.45) is 5.92 Å². The second kappa shape index (κ2) is 8.42. The number of carbonyl (C=O) groups is 1. The van der Waals surface area contributed by atoms with Crippen LogP contribution >= 0.6 is 24.8 Å². The molecule has 2 N–H and O–H groups in total. The Morgan fingerprint density at radius 1 is 1.05 bits per heavy atom. The quantitative estimate of drug-likeness (QED) is 0.810. The van der Waals surface area contributed by atoms with Crippen molar-refractivity contribution < 1.29 is 4.79 Å². The van der Waals surface area contributed by atoms with E-state index in [1.54, 1.807) is 0 Å². The molecule has 3 fully saturated rings. The Morgan fingerprint density at radius 3 is 2.65 bits per heavy atom. The number of hydrogen-bond donors (Lipinski definition) is 2. The maximum atomic E-state index is 12.3. The first-order valence-electron chi connectivity index (χ1n) is 7.60. The number of hydrogen-bond acceptors (Lipinski definition) is 3. The van der Waals surface area contributed by atoms with Crippen molar-refractivity contribution in [3.8, 4) is 0 Å². The summed E-state index contributed by atoms with van der Waals surface area (Å²) in [5, 5.41) is 6.65. The molecule has 20 heavy (non-hydrogen) atoms. The Morgan fingerprint density at radius 2 is 1.90 bits per heavy atom. The molecule has 0 aliphatic carbocycles. The van der Waals surface area contributed by atoms with Crippen LogP contribution in [0.25, 0.3) is 0 Å². The number of amides is 1. The lowest BCUT2D eigenvalue weighted by Gasteiger charge is -2.33. The van der Waals surface area contributed by atoms with Crippen molar-refractivity contribution in [2.45, 2.75) is 50.6 Å². The van der Waals surface area contributed by atoms with Crippen LogP contribution in [0.5, 0.6) is 0 Å². The van der Waals surface area contributed by atoms with Crippen LogP contribution in [-0.2, 0) is 4.79 Å². The molecule has 3 saturated heterocycles. The standard InChI is InChI=1S/C14H25N3O.2ClH/c18-14(11-4-3-7-15-10-11)16-12-6-9-17-8-2-1-5-13(12)17;;/h11-13,15H,1-10H2,(H,16,18);2*1H. The van der Waals surface area contributed by atoms with Gasteiger partial charge >= 0.3 is 0 Å². The summed E-state index contributed by atoms with van der Waals surface area (Å²) < 4.78 is 0. The summed E-state index contributed by atoms with van der Waals surface area (Å²) in [5.74, 6) is 0.496. The van der Waals surface area contributed by atoms with Crippen LogP contribution < -0.4 is 10.6 Å². The average molecular weight is 324 g/mol. The zero-order valence-corrected chi connectivity index (χ0v) is 13.6. The van der Waals surface area contributed by atoms with Gasteiger partial charge in [0.2, 0.25) is 5.91 Å². The van der Waals surface area contributed by atoms with Crippen molar-refractivity contribution >= 4 is 30.7 Å². The molecule has 3 atom stereocenters. The van der Waals surface area contributed by atoms with Crippen LogP contribution in [0.15, 0.2) is 0 Å². The monoisotopic (exact) mass is 323 g/mol. The molecule has 0 saturated carbocycles. The summed E-state index contributed by atoms with van der Waals surface area (Å²) >= 11 is 0. The van der Waals surface area contributed by atoms with E-state index >= 15 is 0 Å². The lowest BCUT2D eigenvalue weighted by Crippen LogP contribution is -2.50. The van der Waals surface area contributed by atoms with Crippen molar-refractivity contribution in [3.05, 3.63) is 0 Å². The van der Waals surface area contributed by atoms with Crippen molar-refractivity contribution in [3.63, 3.8) is 0 Å². The van der Waals surface area contributed by atoms with Crippen LogP contribution in [0.2, 0.25) is 0 Å². The Hall–Kier alpha value is -0.0300. The van der Waals surface area contributed by atoms with Crippen LogP contribution in [0.4, 0.5) is 0 Å². The molecule has 0 aromatic heterocycles. The highest BCUT2D eigenvalue weighted by atomic mass is 35.5. The van der Waals surface area contributed by atoms with Crippen LogP contribution in [0, 0.1) is 5.92 Å². The summed E-state index contributed by atoms with van der Waals surface area (Å²) in [6.45, 7) is 4.36. The van der Waals surface area contributed by atoms with E-state index in [0.717, 1.165) is 32.4 Å². The minimum absolute atomic E-state index is 0. The molecular formula is C14H27Cl2N3O. The molecule has 3 aliphatic heterocycles. The molecule has 0 aromatic rings. The van der Waals surface area contributed by atoms with Gasteiger partial charge in [-0.2, -0.15) is 0 Å². The van der Waals surface area contributed by atoms with Crippen LogP contribution in [0.1, 0.15) is 38.5 Å². The van der Waals surface area contributed by atoms with Crippen LogP contribution in [-0.4, -0.2) is 49.1 Å². The van der Waals surface area contributed by atoms with E-state index < -0.39 is 0 Å². The fraction of sp³-hybridized carbons (Fsp3) is 0.929. The number of carbonyl (C=O) groups excluding carboxylic acids is 1. The SMILES string of the molecule is Cl.Cl.O=C(NC1CCN2CCCCC12)C1CCCNC1. The van der Waals surface area contributed by atoms with Gasteiger partial charge in [0.25, 0.3) is 0 Å². The number of halogens is 2. The summed E-state index contributed by atoms with van der Waals surface area (Å²) in [5.41, 5.74) is 0. The zero-order chi connectivity index (χ0) is 12.4. The number of nitrogens with zero attached hydrogens (tertiary/aromatic N) is 1. The third kappa shape index (κ3) is 4.00. The lowest BCUT2D eigenvalue weighted by molar-refractivity contribution is -0.126. The molecular weight excluding hydrogens is 297 g/mol. The summed E-state index contributed by atoms with van der Waals surface area (Å²) in [6.07, 6.45) is 7.28. The van der Waals surface area contributed by atoms with E-state index in [0.29, 0.717) is 18.0 Å². The van der Waals surface area contributed by atoms with E-state index in [2.05, 4.69) is 15.5 Å². The summed E-state index contributed by atoms with van der Waals surface area (Å²) in [6, 6.07) is 1.04.